The van der Waals surface area contributed by atoms with E-state index in [1.54, 1.807) is 12.7 Å². The molecular weight excluding hydrogens is 236 g/mol. The normalized spacial score (nSPS) is 39.9. The van der Waals surface area contributed by atoms with Crippen LogP contribution in [0.5, 0.6) is 0 Å². The van der Waals surface area contributed by atoms with Gasteiger partial charge >= 0.3 is 0 Å². The topological polar surface area (TPSA) is 56.7 Å². The number of hydrogen-bond donors (Lipinski definition) is 1. The zero-order valence-corrected chi connectivity index (χ0v) is 11.5. The smallest absolute Gasteiger partial charge is 0.239 e. The Kier molecular flexibility index (Phi) is 2.78. The molecule has 19 heavy (non-hydrogen) atoms. The molecule has 0 saturated heterocycles. The summed E-state index contributed by atoms with van der Waals surface area (Å²) in [5.41, 5.74) is 5.54. The first kappa shape index (κ1) is 11.7. The van der Waals surface area contributed by atoms with E-state index in [1.807, 2.05) is 4.68 Å². The minimum Gasteiger partial charge on any atom is -0.367 e. The fourth-order valence-electron chi connectivity index (χ4n) is 5.42. The average molecular weight is 260 g/mol. The van der Waals surface area contributed by atoms with Gasteiger partial charge in [-0.15, -0.1) is 5.10 Å². The summed E-state index contributed by atoms with van der Waals surface area (Å²) in [4.78, 5) is 3.98. The summed E-state index contributed by atoms with van der Waals surface area (Å²) >= 11 is 0. The van der Waals surface area contributed by atoms with Crippen molar-refractivity contribution in [1.29, 1.82) is 0 Å². The maximum atomic E-state index is 5.54. The molecule has 4 bridgehead atoms. The van der Waals surface area contributed by atoms with Gasteiger partial charge in [0.25, 0.3) is 0 Å². The van der Waals surface area contributed by atoms with Crippen molar-refractivity contribution >= 4 is 5.95 Å². The third-order valence-electron chi connectivity index (χ3n) is 5.90. The Hall–Kier alpha value is -1.06. The number of rotatable bonds is 4. The van der Waals surface area contributed by atoms with Gasteiger partial charge < -0.3 is 5.73 Å². The van der Waals surface area contributed by atoms with Crippen LogP contribution in [-0.2, 0) is 6.54 Å². The van der Waals surface area contributed by atoms with Crippen LogP contribution in [0.2, 0.25) is 0 Å². The van der Waals surface area contributed by atoms with Crippen LogP contribution in [0.3, 0.4) is 0 Å². The van der Waals surface area contributed by atoms with Crippen molar-refractivity contribution in [2.45, 2.75) is 51.5 Å². The summed E-state index contributed by atoms with van der Waals surface area (Å²) in [7, 11) is 0. The van der Waals surface area contributed by atoms with Crippen molar-refractivity contribution in [3.8, 4) is 0 Å². The van der Waals surface area contributed by atoms with Gasteiger partial charge in [0.05, 0.1) is 0 Å². The van der Waals surface area contributed by atoms with Crippen LogP contribution in [0.1, 0.15) is 44.9 Å². The third-order valence-corrected chi connectivity index (χ3v) is 5.90. The van der Waals surface area contributed by atoms with Crippen LogP contribution in [0.15, 0.2) is 6.33 Å². The van der Waals surface area contributed by atoms with Crippen LogP contribution >= 0.6 is 0 Å². The van der Waals surface area contributed by atoms with Crippen molar-refractivity contribution in [2.24, 2.45) is 29.6 Å². The summed E-state index contributed by atoms with van der Waals surface area (Å²) in [6.07, 6.45) is 12.1. The van der Waals surface area contributed by atoms with Crippen LogP contribution in [0, 0.1) is 29.6 Å². The molecule has 0 amide bonds. The first-order chi connectivity index (χ1) is 9.28. The van der Waals surface area contributed by atoms with Crippen LogP contribution in [0.25, 0.3) is 0 Å². The van der Waals surface area contributed by atoms with Crippen molar-refractivity contribution in [1.82, 2.24) is 14.8 Å². The zero-order valence-electron chi connectivity index (χ0n) is 11.5. The molecule has 0 aromatic carbocycles. The second-order valence-electron chi connectivity index (χ2n) is 7.10. The van der Waals surface area contributed by atoms with Gasteiger partial charge in [-0.3, -0.25) is 4.68 Å². The maximum absolute atomic E-state index is 5.54. The maximum Gasteiger partial charge on any atom is 0.239 e. The monoisotopic (exact) mass is 260 g/mol. The molecule has 0 radical (unpaired) electrons. The Labute approximate surface area is 114 Å². The molecule has 1 aromatic heterocycles. The molecule has 4 aliphatic rings. The Morgan fingerprint density at radius 2 is 1.79 bits per heavy atom. The SMILES string of the molecule is Nc1ncn(CCCC2C3CC4CC(C3)CC2C4)n1. The Bertz CT molecular complexity index is 425. The summed E-state index contributed by atoms with van der Waals surface area (Å²) in [5.74, 6) is 5.69. The number of aryl methyl sites for hydroxylation is 1. The Morgan fingerprint density at radius 1 is 1.11 bits per heavy atom. The standard InChI is InChI=1S/C15H24N4/c16-15-17-9-19(18-15)3-1-2-14-12-5-10-4-11(7-12)8-13(14)6-10/h9-14H,1-8H2,(H2,16,18). The number of aromatic nitrogens is 3. The molecule has 1 aromatic rings. The molecule has 4 heteroatoms. The fourth-order valence-corrected chi connectivity index (χ4v) is 5.42. The summed E-state index contributed by atoms with van der Waals surface area (Å²) < 4.78 is 1.89. The van der Waals surface area contributed by atoms with E-state index in [2.05, 4.69) is 10.1 Å². The molecule has 1 heterocycles. The van der Waals surface area contributed by atoms with E-state index < -0.39 is 0 Å². The van der Waals surface area contributed by atoms with Crippen molar-refractivity contribution in [3.63, 3.8) is 0 Å². The molecule has 0 aliphatic heterocycles. The van der Waals surface area contributed by atoms with Gasteiger partial charge in [-0.05, 0) is 74.5 Å². The minimum atomic E-state index is 0.398. The fraction of sp³-hybridized carbons (Fsp3) is 0.867. The highest BCUT2D eigenvalue weighted by molar-refractivity contribution is 5.09. The number of nitrogens with zero attached hydrogens (tertiary/aromatic N) is 3. The van der Waals surface area contributed by atoms with Gasteiger partial charge in [-0.1, -0.05) is 0 Å². The lowest BCUT2D eigenvalue weighted by atomic mass is 9.51. The predicted molar refractivity (Wildman–Crippen MR) is 74.2 cm³/mol. The van der Waals surface area contributed by atoms with Gasteiger partial charge in [-0.2, -0.15) is 0 Å². The van der Waals surface area contributed by atoms with Crippen LogP contribution < -0.4 is 5.73 Å². The highest BCUT2D eigenvalue weighted by atomic mass is 15.3. The lowest BCUT2D eigenvalue weighted by Gasteiger charge is -2.54. The van der Waals surface area contributed by atoms with E-state index in [4.69, 9.17) is 5.73 Å². The van der Waals surface area contributed by atoms with E-state index in [9.17, 15) is 0 Å². The van der Waals surface area contributed by atoms with E-state index in [-0.39, 0.29) is 0 Å². The molecule has 4 fully saturated rings. The van der Waals surface area contributed by atoms with E-state index >= 15 is 0 Å². The number of nitrogens with two attached hydrogens (primary N) is 1. The molecule has 5 rings (SSSR count). The van der Waals surface area contributed by atoms with E-state index in [0.717, 1.165) is 36.1 Å². The molecule has 4 saturated carbocycles. The molecule has 4 aliphatic carbocycles. The summed E-state index contributed by atoms with van der Waals surface area (Å²) in [6.45, 7) is 0.979. The Morgan fingerprint density at radius 3 is 2.37 bits per heavy atom. The molecule has 0 atom stereocenters. The van der Waals surface area contributed by atoms with Gasteiger partial charge in [0.2, 0.25) is 5.95 Å². The highest BCUT2D eigenvalue weighted by Gasteiger charge is 2.47. The Balaban J connectivity index is 1.33. The first-order valence-corrected chi connectivity index (χ1v) is 7.93. The van der Waals surface area contributed by atoms with E-state index in [0.29, 0.717) is 5.95 Å². The first-order valence-electron chi connectivity index (χ1n) is 7.93. The van der Waals surface area contributed by atoms with E-state index in [1.165, 1.54) is 38.5 Å². The van der Waals surface area contributed by atoms with Crippen LogP contribution in [-0.4, -0.2) is 14.8 Å². The predicted octanol–water partition coefficient (Wildman–Crippen LogP) is 2.71. The van der Waals surface area contributed by atoms with Crippen LogP contribution in [0.4, 0.5) is 5.95 Å². The number of nitrogen functional groups attached to an aromatic ring is 1. The molecule has 0 unspecified atom stereocenters. The second kappa shape index (κ2) is 4.50. The van der Waals surface area contributed by atoms with Crippen molar-refractivity contribution in [2.75, 3.05) is 5.73 Å². The van der Waals surface area contributed by atoms with Gasteiger partial charge in [0.1, 0.15) is 6.33 Å². The van der Waals surface area contributed by atoms with Crippen molar-refractivity contribution < 1.29 is 0 Å². The lowest BCUT2D eigenvalue weighted by Crippen LogP contribution is -2.45. The zero-order chi connectivity index (χ0) is 12.8. The summed E-state index contributed by atoms with van der Waals surface area (Å²) in [6, 6.07) is 0. The second-order valence-corrected chi connectivity index (χ2v) is 7.10. The van der Waals surface area contributed by atoms with Gasteiger partial charge in [-0.25, -0.2) is 4.98 Å². The number of hydrogen-bond acceptors (Lipinski definition) is 3. The largest absolute Gasteiger partial charge is 0.367 e. The number of anilines is 1. The third kappa shape index (κ3) is 2.15. The minimum absolute atomic E-state index is 0.398. The molecule has 104 valence electrons. The quantitative estimate of drug-likeness (QED) is 0.905. The molecule has 0 spiro atoms. The molecule has 2 N–H and O–H groups in total. The molecular formula is C15H24N4. The van der Waals surface area contributed by atoms with Crippen molar-refractivity contribution in [3.05, 3.63) is 6.33 Å². The lowest BCUT2D eigenvalue weighted by molar-refractivity contribution is -0.0406. The highest BCUT2D eigenvalue weighted by Crippen LogP contribution is 2.57. The summed E-state index contributed by atoms with van der Waals surface area (Å²) in [5, 5.41) is 4.17. The molecule has 4 nitrogen and oxygen atoms in total. The average Bonchev–Trinajstić information content (AvgIpc) is 2.78. The van der Waals surface area contributed by atoms with Gasteiger partial charge in [0, 0.05) is 6.54 Å². The van der Waals surface area contributed by atoms with Gasteiger partial charge in [0.15, 0.2) is 0 Å².